The SMILES string of the molecule is OB(O)c1cnc(-c2ccccc2F)nc1Cl. The van der Waals surface area contributed by atoms with Gasteiger partial charge in [0.25, 0.3) is 0 Å². The molecule has 1 aromatic carbocycles. The van der Waals surface area contributed by atoms with Crippen molar-refractivity contribution in [1.29, 1.82) is 0 Å². The van der Waals surface area contributed by atoms with Crippen LogP contribution in [0.3, 0.4) is 0 Å². The van der Waals surface area contributed by atoms with E-state index in [-0.39, 0.29) is 22.0 Å². The molecule has 4 nitrogen and oxygen atoms in total. The Morgan fingerprint density at radius 3 is 2.53 bits per heavy atom. The van der Waals surface area contributed by atoms with E-state index in [2.05, 4.69) is 9.97 Å². The third-order valence-electron chi connectivity index (χ3n) is 2.16. The van der Waals surface area contributed by atoms with Gasteiger partial charge in [0.05, 0.1) is 5.56 Å². The average molecular weight is 252 g/mol. The number of hydrogen-bond acceptors (Lipinski definition) is 4. The van der Waals surface area contributed by atoms with Crippen LogP contribution in [0.4, 0.5) is 4.39 Å². The van der Waals surface area contributed by atoms with Gasteiger partial charge < -0.3 is 10.0 Å². The molecule has 0 saturated carbocycles. The van der Waals surface area contributed by atoms with Crippen LogP contribution < -0.4 is 5.46 Å². The normalized spacial score (nSPS) is 10.4. The lowest BCUT2D eigenvalue weighted by atomic mass is 9.83. The van der Waals surface area contributed by atoms with Crippen molar-refractivity contribution in [2.75, 3.05) is 0 Å². The second-order valence-corrected chi connectivity index (χ2v) is 3.65. The highest BCUT2D eigenvalue weighted by Crippen LogP contribution is 2.18. The van der Waals surface area contributed by atoms with Gasteiger partial charge in [-0.05, 0) is 12.1 Å². The van der Waals surface area contributed by atoms with Crippen LogP contribution in [-0.4, -0.2) is 27.1 Å². The van der Waals surface area contributed by atoms with Gasteiger partial charge >= 0.3 is 7.12 Å². The second-order valence-electron chi connectivity index (χ2n) is 3.29. The highest BCUT2D eigenvalue weighted by molar-refractivity contribution is 6.62. The Morgan fingerprint density at radius 1 is 1.24 bits per heavy atom. The molecular formula is C10H7BClFN2O2. The van der Waals surface area contributed by atoms with Crippen LogP contribution in [-0.2, 0) is 0 Å². The van der Waals surface area contributed by atoms with Crippen LogP contribution in [0.5, 0.6) is 0 Å². The van der Waals surface area contributed by atoms with Crippen molar-refractivity contribution in [3.8, 4) is 11.4 Å². The lowest BCUT2D eigenvalue weighted by molar-refractivity contribution is 0.425. The molecule has 0 spiro atoms. The van der Waals surface area contributed by atoms with E-state index in [0.29, 0.717) is 0 Å². The maximum atomic E-state index is 13.4. The number of halogens is 2. The fourth-order valence-electron chi connectivity index (χ4n) is 1.32. The topological polar surface area (TPSA) is 66.2 Å². The molecule has 0 aliphatic carbocycles. The Morgan fingerprint density at radius 2 is 1.94 bits per heavy atom. The van der Waals surface area contributed by atoms with Gasteiger partial charge in [-0.15, -0.1) is 0 Å². The minimum Gasteiger partial charge on any atom is -0.423 e. The number of benzene rings is 1. The first-order valence-electron chi connectivity index (χ1n) is 4.73. The van der Waals surface area contributed by atoms with Crippen molar-refractivity contribution < 1.29 is 14.4 Å². The Hall–Kier alpha value is -1.50. The molecule has 0 aliphatic heterocycles. The molecule has 17 heavy (non-hydrogen) atoms. The fourth-order valence-corrected chi connectivity index (χ4v) is 1.54. The van der Waals surface area contributed by atoms with E-state index in [9.17, 15) is 4.39 Å². The van der Waals surface area contributed by atoms with Crippen LogP contribution in [0.1, 0.15) is 0 Å². The van der Waals surface area contributed by atoms with Gasteiger partial charge in [0, 0.05) is 11.7 Å². The molecule has 0 atom stereocenters. The Kier molecular flexibility index (Phi) is 3.37. The van der Waals surface area contributed by atoms with Gasteiger partial charge in [0.1, 0.15) is 11.0 Å². The molecule has 1 aromatic heterocycles. The van der Waals surface area contributed by atoms with E-state index >= 15 is 0 Å². The lowest BCUT2D eigenvalue weighted by Gasteiger charge is -2.05. The van der Waals surface area contributed by atoms with Gasteiger partial charge in [0.2, 0.25) is 0 Å². The Labute approximate surface area is 102 Å². The fraction of sp³-hybridized carbons (Fsp3) is 0. The summed E-state index contributed by atoms with van der Waals surface area (Å²) < 4.78 is 13.4. The standard InChI is InChI=1S/C10H7BClFN2O2/c12-9-7(11(16)17)5-14-10(15-9)6-3-1-2-4-8(6)13/h1-5,16-17H. The van der Waals surface area contributed by atoms with Crippen molar-refractivity contribution in [3.05, 3.63) is 41.4 Å². The molecule has 0 aliphatic rings. The predicted molar refractivity (Wildman–Crippen MR) is 62.3 cm³/mol. The van der Waals surface area contributed by atoms with Gasteiger partial charge in [-0.1, -0.05) is 23.7 Å². The molecule has 7 heteroatoms. The van der Waals surface area contributed by atoms with E-state index in [1.165, 1.54) is 12.1 Å². The molecule has 2 rings (SSSR count). The summed E-state index contributed by atoms with van der Waals surface area (Å²) in [7, 11) is -1.75. The zero-order valence-corrected chi connectivity index (χ0v) is 9.26. The lowest BCUT2D eigenvalue weighted by Crippen LogP contribution is -2.32. The first-order valence-corrected chi connectivity index (χ1v) is 5.11. The first-order chi connectivity index (χ1) is 8.09. The van der Waals surface area contributed by atoms with Gasteiger partial charge in [0.15, 0.2) is 5.82 Å². The molecule has 0 bridgehead atoms. The average Bonchev–Trinajstić information content (AvgIpc) is 2.29. The van der Waals surface area contributed by atoms with Crippen LogP contribution in [0.2, 0.25) is 5.15 Å². The minimum absolute atomic E-state index is 0.0215. The third-order valence-corrected chi connectivity index (χ3v) is 2.46. The first kappa shape index (κ1) is 12.0. The molecule has 1 heterocycles. The largest absolute Gasteiger partial charge is 0.493 e. The maximum absolute atomic E-state index is 13.4. The molecular weight excluding hydrogens is 245 g/mol. The highest BCUT2D eigenvalue weighted by Gasteiger charge is 2.18. The van der Waals surface area contributed by atoms with E-state index in [0.717, 1.165) is 6.20 Å². The van der Waals surface area contributed by atoms with E-state index in [1.54, 1.807) is 12.1 Å². The molecule has 0 amide bonds. The van der Waals surface area contributed by atoms with Crippen LogP contribution in [0, 0.1) is 5.82 Å². The molecule has 86 valence electrons. The maximum Gasteiger partial charge on any atom is 0.493 e. The van der Waals surface area contributed by atoms with Crippen molar-refractivity contribution in [1.82, 2.24) is 9.97 Å². The van der Waals surface area contributed by atoms with Crippen molar-refractivity contribution >= 4 is 24.2 Å². The molecule has 0 saturated heterocycles. The molecule has 0 fully saturated rings. The third kappa shape index (κ3) is 2.44. The summed E-state index contributed by atoms with van der Waals surface area (Å²) in [5.41, 5.74) is 0.181. The van der Waals surface area contributed by atoms with Crippen molar-refractivity contribution in [2.45, 2.75) is 0 Å². The predicted octanol–water partition coefficient (Wildman–Crippen LogP) is 0.616. The van der Waals surface area contributed by atoms with Crippen LogP contribution in [0.15, 0.2) is 30.5 Å². The number of aromatic nitrogens is 2. The van der Waals surface area contributed by atoms with Gasteiger partial charge in [-0.3, -0.25) is 0 Å². The zero-order valence-electron chi connectivity index (χ0n) is 8.51. The number of hydrogen-bond donors (Lipinski definition) is 2. The number of rotatable bonds is 2. The quantitative estimate of drug-likeness (QED) is 0.607. The van der Waals surface area contributed by atoms with Gasteiger partial charge in [-0.25, -0.2) is 14.4 Å². The smallest absolute Gasteiger partial charge is 0.423 e. The Balaban J connectivity index is 2.49. The molecule has 2 aromatic rings. The van der Waals surface area contributed by atoms with E-state index < -0.39 is 12.9 Å². The highest BCUT2D eigenvalue weighted by atomic mass is 35.5. The monoisotopic (exact) mass is 252 g/mol. The minimum atomic E-state index is -1.75. The van der Waals surface area contributed by atoms with Crippen molar-refractivity contribution in [3.63, 3.8) is 0 Å². The summed E-state index contributed by atoms with van der Waals surface area (Å²) in [4.78, 5) is 7.66. The van der Waals surface area contributed by atoms with E-state index in [1.807, 2.05) is 0 Å². The summed E-state index contributed by atoms with van der Waals surface area (Å²) >= 11 is 5.73. The zero-order chi connectivity index (χ0) is 12.4. The second kappa shape index (κ2) is 4.79. The molecule has 2 N–H and O–H groups in total. The summed E-state index contributed by atoms with van der Waals surface area (Å²) in [5.74, 6) is -0.377. The number of nitrogens with zero attached hydrogens (tertiary/aromatic N) is 2. The summed E-state index contributed by atoms with van der Waals surface area (Å²) in [6.07, 6.45) is 1.15. The van der Waals surface area contributed by atoms with E-state index in [4.69, 9.17) is 21.6 Å². The van der Waals surface area contributed by atoms with Gasteiger partial charge in [-0.2, -0.15) is 0 Å². The van der Waals surface area contributed by atoms with Crippen LogP contribution >= 0.6 is 11.6 Å². The van der Waals surface area contributed by atoms with Crippen LogP contribution in [0.25, 0.3) is 11.4 Å². The summed E-state index contributed by atoms with van der Waals surface area (Å²) in [5, 5.41) is 17.8. The van der Waals surface area contributed by atoms with Crippen molar-refractivity contribution in [2.24, 2.45) is 0 Å². The summed E-state index contributed by atoms with van der Waals surface area (Å²) in [6.45, 7) is 0. The Bertz CT molecular complexity index is 554. The molecule has 0 unspecified atom stereocenters. The summed E-state index contributed by atoms with van der Waals surface area (Å²) in [6, 6.07) is 5.98. The molecule has 0 radical (unpaired) electrons.